The van der Waals surface area contributed by atoms with Crippen LogP contribution in [0.5, 0.6) is 0 Å². The predicted molar refractivity (Wildman–Crippen MR) is 205 cm³/mol. The smallest absolute Gasteiger partial charge is 0.213 e. The fraction of sp³-hybridized carbons (Fsp3) is 0. The summed E-state index contributed by atoms with van der Waals surface area (Å²) in [5.41, 5.74) is 11.7. The maximum atomic E-state index is 7.08. The molecule has 0 bridgehead atoms. The van der Waals surface area contributed by atoms with Crippen molar-refractivity contribution in [2.75, 3.05) is 4.90 Å². The van der Waals surface area contributed by atoms with Crippen LogP contribution in [-0.4, -0.2) is 4.40 Å². The van der Waals surface area contributed by atoms with Crippen molar-refractivity contribution in [3.63, 3.8) is 0 Å². The monoisotopic (exact) mass is 626 g/mol. The number of nitrogens with zero attached hydrogens (tertiary/aromatic N) is 2. The van der Waals surface area contributed by atoms with Gasteiger partial charge in [-0.1, -0.05) is 140 Å². The zero-order valence-electron chi connectivity index (χ0n) is 26.6. The lowest BCUT2D eigenvalue weighted by Crippen LogP contribution is -2.09. The highest BCUT2D eigenvalue weighted by Crippen LogP contribution is 2.47. The van der Waals surface area contributed by atoms with Crippen LogP contribution >= 0.6 is 0 Å². The van der Waals surface area contributed by atoms with Crippen LogP contribution in [0.4, 0.5) is 17.1 Å². The Hall–Kier alpha value is -6.58. The molecule has 0 aliphatic carbocycles. The van der Waals surface area contributed by atoms with Gasteiger partial charge in [-0.3, -0.25) is 4.40 Å². The Morgan fingerprint density at radius 2 is 0.939 bits per heavy atom. The molecule has 49 heavy (non-hydrogen) atoms. The van der Waals surface area contributed by atoms with E-state index in [1.54, 1.807) is 0 Å². The summed E-state index contributed by atoms with van der Waals surface area (Å²) in [5.74, 6) is 0. The van der Waals surface area contributed by atoms with Gasteiger partial charge in [-0.2, -0.15) is 0 Å². The minimum Gasteiger partial charge on any atom is -0.437 e. The van der Waals surface area contributed by atoms with Crippen LogP contribution in [0.3, 0.4) is 0 Å². The predicted octanol–water partition coefficient (Wildman–Crippen LogP) is 12.9. The van der Waals surface area contributed by atoms with Crippen LogP contribution in [0.15, 0.2) is 186 Å². The molecule has 3 heteroatoms. The molecule has 2 heterocycles. The van der Waals surface area contributed by atoms with Gasteiger partial charge in [0, 0.05) is 33.4 Å². The second-order valence-corrected chi connectivity index (χ2v) is 12.5. The quantitative estimate of drug-likeness (QED) is 0.177. The van der Waals surface area contributed by atoms with Crippen molar-refractivity contribution < 1.29 is 4.42 Å². The van der Waals surface area contributed by atoms with Crippen molar-refractivity contribution in [1.29, 1.82) is 0 Å². The minimum atomic E-state index is 0.862. The molecular weight excluding hydrogens is 597 g/mol. The van der Waals surface area contributed by atoms with E-state index in [0.717, 1.165) is 56.1 Å². The minimum absolute atomic E-state index is 0.862. The highest BCUT2D eigenvalue weighted by molar-refractivity contribution is 6.30. The molecule has 0 saturated heterocycles. The number of benzene rings is 8. The van der Waals surface area contributed by atoms with Gasteiger partial charge in [-0.25, -0.2) is 0 Å². The summed E-state index contributed by atoms with van der Waals surface area (Å²) in [7, 11) is 0. The Bertz CT molecular complexity index is 2760. The van der Waals surface area contributed by atoms with Gasteiger partial charge in [0.1, 0.15) is 0 Å². The number of anilines is 3. The number of hydrogen-bond donors (Lipinski definition) is 0. The maximum absolute atomic E-state index is 7.08. The SMILES string of the molecule is c1ccc(-c2c3c4ccccc4c4ccccc4c3n3c2oc2c(-c4ccc(N(c5ccccc5)c5ccccc5)cc4)cccc23)cc1. The first kappa shape index (κ1) is 27.5. The third-order valence-corrected chi connectivity index (χ3v) is 9.76. The van der Waals surface area contributed by atoms with Gasteiger partial charge < -0.3 is 9.32 Å². The Balaban J connectivity index is 1.23. The normalized spacial score (nSPS) is 11.7. The van der Waals surface area contributed by atoms with Crippen LogP contribution in [-0.2, 0) is 0 Å². The van der Waals surface area contributed by atoms with Gasteiger partial charge in [-0.05, 0) is 69.8 Å². The Kier molecular flexibility index (Phi) is 6.18. The van der Waals surface area contributed by atoms with Crippen LogP contribution in [0, 0.1) is 0 Å². The molecule has 0 atom stereocenters. The third kappa shape index (κ3) is 4.23. The van der Waals surface area contributed by atoms with Crippen molar-refractivity contribution in [2.24, 2.45) is 0 Å². The number of oxazole rings is 1. The number of rotatable bonds is 5. The lowest BCUT2D eigenvalue weighted by Gasteiger charge is -2.25. The Labute approximate surface area is 283 Å². The molecule has 0 aliphatic heterocycles. The molecule has 0 spiro atoms. The van der Waals surface area contributed by atoms with E-state index in [1.165, 1.54) is 32.4 Å². The highest BCUT2D eigenvalue weighted by atomic mass is 16.3. The first-order valence-corrected chi connectivity index (χ1v) is 16.7. The van der Waals surface area contributed by atoms with Crippen LogP contribution in [0.1, 0.15) is 0 Å². The average Bonchev–Trinajstić information content (AvgIpc) is 3.72. The Morgan fingerprint density at radius 3 is 1.59 bits per heavy atom. The molecule has 0 amide bonds. The maximum Gasteiger partial charge on any atom is 0.213 e. The van der Waals surface area contributed by atoms with E-state index in [0.29, 0.717) is 0 Å². The van der Waals surface area contributed by atoms with Gasteiger partial charge in [0.2, 0.25) is 5.71 Å². The van der Waals surface area contributed by atoms with Crippen molar-refractivity contribution in [3.8, 4) is 22.3 Å². The summed E-state index contributed by atoms with van der Waals surface area (Å²) in [6.45, 7) is 0. The third-order valence-electron chi connectivity index (χ3n) is 9.76. The average molecular weight is 627 g/mol. The van der Waals surface area contributed by atoms with Gasteiger partial charge in [0.05, 0.1) is 16.6 Å². The molecule has 3 nitrogen and oxygen atoms in total. The zero-order valence-corrected chi connectivity index (χ0v) is 26.6. The number of para-hydroxylation sites is 3. The summed E-state index contributed by atoms with van der Waals surface area (Å²) in [4.78, 5) is 2.29. The standard InChI is InChI=1S/C46H30N2O/c1-4-15-32(16-5-1)42-43-39-23-12-10-21-37(39)38-22-11-13-24-40(38)44(43)48-41-26-14-25-36(45(41)49-46(42)48)31-27-29-35(30-28-31)47(33-17-6-2-7-18-33)34-19-8-3-9-20-34/h1-30H. The topological polar surface area (TPSA) is 20.8 Å². The van der Waals surface area contributed by atoms with E-state index in [9.17, 15) is 0 Å². The summed E-state index contributed by atoms with van der Waals surface area (Å²) >= 11 is 0. The summed E-state index contributed by atoms with van der Waals surface area (Å²) in [6.07, 6.45) is 0. The molecule has 10 rings (SSSR count). The fourth-order valence-electron chi connectivity index (χ4n) is 7.65. The molecule has 0 radical (unpaired) electrons. The summed E-state index contributed by atoms with van der Waals surface area (Å²) in [6, 6.07) is 64.6. The molecule has 8 aromatic carbocycles. The lowest BCUT2D eigenvalue weighted by molar-refractivity contribution is 0.659. The fourth-order valence-corrected chi connectivity index (χ4v) is 7.65. The second kappa shape index (κ2) is 11.0. The molecule has 0 aliphatic rings. The highest BCUT2D eigenvalue weighted by Gasteiger charge is 2.25. The van der Waals surface area contributed by atoms with E-state index in [1.807, 2.05) is 0 Å². The van der Waals surface area contributed by atoms with E-state index in [-0.39, 0.29) is 0 Å². The number of aromatic nitrogens is 1. The van der Waals surface area contributed by atoms with E-state index >= 15 is 0 Å². The molecule has 0 unspecified atom stereocenters. The van der Waals surface area contributed by atoms with Crippen LogP contribution < -0.4 is 4.90 Å². The van der Waals surface area contributed by atoms with Gasteiger partial charge in [-0.15, -0.1) is 0 Å². The first-order chi connectivity index (χ1) is 24.3. The van der Waals surface area contributed by atoms with E-state index < -0.39 is 0 Å². The lowest BCUT2D eigenvalue weighted by atomic mass is 9.94. The Morgan fingerprint density at radius 1 is 0.408 bits per heavy atom. The van der Waals surface area contributed by atoms with Gasteiger partial charge >= 0.3 is 0 Å². The molecule has 0 fully saturated rings. The van der Waals surface area contributed by atoms with Crippen LogP contribution in [0.2, 0.25) is 0 Å². The van der Waals surface area contributed by atoms with Crippen molar-refractivity contribution >= 4 is 66.3 Å². The molecular formula is C46H30N2O. The molecule has 0 saturated carbocycles. The molecule has 0 N–H and O–H groups in total. The zero-order chi connectivity index (χ0) is 32.3. The molecule has 2 aromatic heterocycles. The largest absolute Gasteiger partial charge is 0.437 e. The van der Waals surface area contributed by atoms with E-state index in [4.69, 9.17) is 4.42 Å². The van der Waals surface area contributed by atoms with Crippen molar-refractivity contribution in [2.45, 2.75) is 0 Å². The van der Waals surface area contributed by atoms with Gasteiger partial charge in [0.25, 0.3) is 0 Å². The number of hydrogen-bond acceptors (Lipinski definition) is 2. The summed E-state index contributed by atoms with van der Waals surface area (Å²) in [5, 5.41) is 6.16. The van der Waals surface area contributed by atoms with Crippen LogP contribution in [0.25, 0.3) is 71.5 Å². The van der Waals surface area contributed by atoms with E-state index in [2.05, 4.69) is 191 Å². The number of fused-ring (bicyclic) bond motifs is 10. The molecule has 230 valence electrons. The first-order valence-electron chi connectivity index (χ1n) is 16.7. The van der Waals surface area contributed by atoms with Crippen molar-refractivity contribution in [1.82, 2.24) is 4.40 Å². The summed E-state index contributed by atoms with van der Waals surface area (Å²) < 4.78 is 9.43. The second-order valence-electron chi connectivity index (χ2n) is 12.5. The van der Waals surface area contributed by atoms with Crippen molar-refractivity contribution in [3.05, 3.63) is 182 Å². The molecule has 10 aromatic rings. The van der Waals surface area contributed by atoms with Gasteiger partial charge in [0.15, 0.2) is 5.58 Å².